The zero-order valence-electron chi connectivity index (χ0n) is 34.0. The number of rotatable bonds is 5. The largest absolute Gasteiger partial charge is 0.354 e. The van der Waals surface area contributed by atoms with Crippen molar-refractivity contribution in [2.24, 2.45) is 0 Å². The minimum atomic E-state index is -0.101. The molecule has 0 saturated heterocycles. The van der Waals surface area contributed by atoms with Crippen LogP contribution in [0.15, 0.2) is 127 Å². The van der Waals surface area contributed by atoms with E-state index in [2.05, 4.69) is 182 Å². The van der Waals surface area contributed by atoms with E-state index in [0.717, 1.165) is 94.4 Å². The molecule has 0 spiro atoms. The third-order valence-corrected chi connectivity index (χ3v) is 10.9. The number of carbonyl (C=O) groups excluding carboxylic acids is 1. The van der Waals surface area contributed by atoms with Crippen LogP contribution in [0.3, 0.4) is 0 Å². The zero-order chi connectivity index (χ0) is 40.2. The molecule has 1 aliphatic rings. The summed E-state index contributed by atoms with van der Waals surface area (Å²) in [5.74, 6) is -0.101. The SMILES string of the molecule is CC(=O)Nc1ccc(C2=c3ccc([nH]3)=C(c3cc(C)cc(C)c3)c3ccc([nH]3)C(c3cc(C)cc(C)c3)=c3ccc([nH]3)=C(c3cc(C)cc(C)c3)c3ccc2[nH]3)cc1. The van der Waals surface area contributed by atoms with Crippen LogP contribution in [0.5, 0.6) is 0 Å². The van der Waals surface area contributed by atoms with Gasteiger partial charge in [0.15, 0.2) is 0 Å². The van der Waals surface area contributed by atoms with Gasteiger partial charge in [0.2, 0.25) is 5.91 Å². The van der Waals surface area contributed by atoms with Gasteiger partial charge in [-0.1, -0.05) is 100 Å². The molecule has 0 aliphatic carbocycles. The van der Waals surface area contributed by atoms with Gasteiger partial charge in [-0.3, -0.25) is 4.79 Å². The van der Waals surface area contributed by atoms with Gasteiger partial charge in [0.1, 0.15) is 0 Å². The Labute approximate surface area is 338 Å². The van der Waals surface area contributed by atoms with Gasteiger partial charge in [0.05, 0.1) is 0 Å². The molecule has 1 aliphatic heterocycles. The number of aryl methyl sites for hydroxylation is 6. The first-order chi connectivity index (χ1) is 27.9. The summed E-state index contributed by atoms with van der Waals surface area (Å²) in [5, 5.41) is 6.92. The van der Waals surface area contributed by atoms with Crippen LogP contribution in [0, 0.1) is 41.5 Å². The van der Waals surface area contributed by atoms with Crippen molar-refractivity contribution in [3.63, 3.8) is 0 Å². The fourth-order valence-electron chi connectivity index (χ4n) is 8.85. The molecule has 9 rings (SSSR count). The van der Waals surface area contributed by atoms with E-state index in [9.17, 15) is 4.79 Å². The third kappa shape index (κ3) is 6.98. The minimum absolute atomic E-state index is 0.101. The average molecular weight is 758 g/mol. The molecule has 1 amide bonds. The lowest BCUT2D eigenvalue weighted by molar-refractivity contribution is -0.114. The van der Waals surface area contributed by atoms with E-state index in [1.165, 1.54) is 40.3 Å². The number of fused-ring (bicyclic) bond motifs is 8. The molecule has 4 aromatic carbocycles. The highest BCUT2D eigenvalue weighted by atomic mass is 16.1. The fraction of sp³-hybridized carbons (Fsp3) is 0.135. The highest BCUT2D eigenvalue weighted by Crippen LogP contribution is 2.30. The van der Waals surface area contributed by atoms with Gasteiger partial charge in [-0.25, -0.2) is 0 Å². The summed E-state index contributed by atoms with van der Waals surface area (Å²) in [4.78, 5) is 27.5. The quantitative estimate of drug-likeness (QED) is 0.121. The van der Waals surface area contributed by atoms with Crippen molar-refractivity contribution in [2.45, 2.75) is 48.5 Å². The van der Waals surface area contributed by atoms with Crippen LogP contribution >= 0.6 is 0 Å². The molecule has 4 aromatic heterocycles. The number of anilines is 1. The smallest absolute Gasteiger partial charge is 0.221 e. The van der Waals surface area contributed by atoms with Crippen molar-refractivity contribution in [3.8, 4) is 0 Å². The summed E-state index contributed by atoms with van der Waals surface area (Å²) >= 11 is 0. The number of hydrogen-bond acceptors (Lipinski definition) is 1. The zero-order valence-corrected chi connectivity index (χ0v) is 34.0. The van der Waals surface area contributed by atoms with E-state index in [1.807, 2.05) is 12.1 Å². The van der Waals surface area contributed by atoms with Crippen LogP contribution in [-0.2, 0) is 4.79 Å². The fourth-order valence-corrected chi connectivity index (χ4v) is 8.85. The van der Waals surface area contributed by atoms with Crippen molar-refractivity contribution < 1.29 is 4.79 Å². The van der Waals surface area contributed by atoms with Crippen LogP contribution in [0.25, 0.3) is 22.3 Å². The van der Waals surface area contributed by atoms with Gasteiger partial charge < -0.3 is 25.3 Å². The van der Waals surface area contributed by atoms with E-state index in [4.69, 9.17) is 0 Å². The molecule has 58 heavy (non-hydrogen) atoms. The number of benzene rings is 4. The summed E-state index contributed by atoms with van der Waals surface area (Å²) in [6.45, 7) is 14.5. The van der Waals surface area contributed by atoms with Gasteiger partial charge in [-0.2, -0.15) is 0 Å². The van der Waals surface area contributed by atoms with Crippen LogP contribution in [0.2, 0.25) is 0 Å². The standard InChI is InChI=1S/C52H47N5O/c1-29-20-30(2)24-37(23-29)50-43-14-12-41(54-43)49(36-8-10-40(11-9-36)53-35(7)58)42-13-15-44(55-42)51(38-25-31(3)21-32(4)26-38)46-17-19-48(57-46)52(47-18-16-45(50)56-47)39-27-33(5)22-34(6)28-39/h8-28,54-57H,1-7H3,(H,53,58). The Morgan fingerprint density at radius 1 is 0.362 bits per heavy atom. The maximum atomic E-state index is 11.9. The maximum Gasteiger partial charge on any atom is 0.221 e. The lowest BCUT2D eigenvalue weighted by Gasteiger charge is -2.12. The monoisotopic (exact) mass is 757 g/mol. The van der Waals surface area contributed by atoms with Gasteiger partial charge in [0.25, 0.3) is 0 Å². The first kappa shape index (κ1) is 36.6. The molecule has 0 atom stereocenters. The number of carbonyl (C=O) groups is 1. The lowest BCUT2D eigenvalue weighted by Crippen LogP contribution is -2.19. The van der Waals surface area contributed by atoms with Crippen molar-refractivity contribution in [2.75, 3.05) is 5.32 Å². The highest BCUT2D eigenvalue weighted by molar-refractivity contribution is 5.89. The predicted molar refractivity (Wildman–Crippen MR) is 237 cm³/mol. The molecule has 6 nitrogen and oxygen atoms in total. The van der Waals surface area contributed by atoms with Crippen molar-refractivity contribution in [1.82, 2.24) is 19.9 Å². The molecule has 0 saturated carbocycles. The van der Waals surface area contributed by atoms with E-state index in [0.29, 0.717) is 0 Å². The molecule has 5 N–H and O–H groups in total. The third-order valence-electron chi connectivity index (χ3n) is 10.9. The minimum Gasteiger partial charge on any atom is -0.354 e. The van der Waals surface area contributed by atoms with Crippen LogP contribution in [0.4, 0.5) is 5.69 Å². The maximum absolute atomic E-state index is 11.9. The van der Waals surface area contributed by atoms with Gasteiger partial charge in [-0.05, 0) is 124 Å². The molecule has 5 heterocycles. The van der Waals surface area contributed by atoms with Crippen LogP contribution in [-0.4, -0.2) is 25.8 Å². The number of H-pyrrole nitrogens is 4. The summed E-state index contributed by atoms with van der Waals surface area (Å²) in [7, 11) is 0. The van der Waals surface area contributed by atoms with E-state index < -0.39 is 0 Å². The average Bonchev–Trinajstić information content (AvgIpc) is 3.99. The Balaban J connectivity index is 1.43. The molecule has 8 bridgehead atoms. The molecule has 6 heteroatoms. The van der Waals surface area contributed by atoms with Crippen LogP contribution < -0.4 is 26.7 Å². The number of aromatic amines is 4. The molecular formula is C52H47N5O. The van der Waals surface area contributed by atoms with Gasteiger partial charge in [0, 0.05) is 79.1 Å². The Kier molecular flexibility index (Phi) is 9.13. The van der Waals surface area contributed by atoms with Crippen molar-refractivity contribution in [3.05, 3.63) is 227 Å². The number of amides is 1. The molecule has 0 fully saturated rings. The summed E-state index contributed by atoms with van der Waals surface area (Å²) < 4.78 is 0. The molecule has 0 radical (unpaired) electrons. The molecule has 8 aromatic rings. The molecule has 286 valence electrons. The number of hydrogen-bond donors (Lipinski definition) is 5. The number of nitrogens with one attached hydrogen (secondary N) is 5. The summed E-state index contributed by atoms with van der Waals surface area (Å²) in [6.07, 6.45) is 0. The topological polar surface area (TPSA) is 92.3 Å². The normalized spacial score (nSPS) is 12.7. The Bertz CT molecular complexity index is 3120. The van der Waals surface area contributed by atoms with E-state index in [-0.39, 0.29) is 5.91 Å². The highest BCUT2D eigenvalue weighted by Gasteiger charge is 2.19. The van der Waals surface area contributed by atoms with Crippen LogP contribution in [0.1, 0.15) is 85.3 Å². The summed E-state index contributed by atoms with van der Waals surface area (Å²) in [6, 6.07) is 45.9. The predicted octanol–water partition coefficient (Wildman–Crippen LogP) is 8.11. The van der Waals surface area contributed by atoms with E-state index >= 15 is 0 Å². The first-order valence-corrected chi connectivity index (χ1v) is 19.9. The Morgan fingerprint density at radius 3 is 0.948 bits per heavy atom. The molecular weight excluding hydrogens is 711 g/mol. The van der Waals surface area contributed by atoms with Crippen molar-refractivity contribution >= 4 is 33.9 Å². The van der Waals surface area contributed by atoms with E-state index in [1.54, 1.807) is 0 Å². The second kappa shape index (κ2) is 14.5. The second-order valence-corrected chi connectivity index (χ2v) is 16.0. The lowest BCUT2D eigenvalue weighted by atomic mass is 9.98. The second-order valence-electron chi connectivity index (χ2n) is 16.0. The van der Waals surface area contributed by atoms with Gasteiger partial charge >= 0.3 is 0 Å². The molecule has 0 unspecified atom stereocenters. The van der Waals surface area contributed by atoms with Gasteiger partial charge in [-0.15, -0.1) is 0 Å². The summed E-state index contributed by atoms with van der Waals surface area (Å²) in [5.41, 5.74) is 20.7. The Morgan fingerprint density at radius 2 is 0.655 bits per heavy atom. The number of aromatic nitrogens is 4. The first-order valence-electron chi connectivity index (χ1n) is 19.9. The Hall–Kier alpha value is -7.05. The van der Waals surface area contributed by atoms with Crippen molar-refractivity contribution in [1.29, 1.82) is 0 Å².